The van der Waals surface area contributed by atoms with Crippen LogP contribution < -0.4 is 0 Å². The quantitative estimate of drug-likeness (QED) is 0.589. The summed E-state index contributed by atoms with van der Waals surface area (Å²) in [5.41, 5.74) is -0.719. The second-order valence-corrected chi connectivity index (χ2v) is 9.67. The van der Waals surface area contributed by atoms with Crippen molar-refractivity contribution in [3.8, 4) is 0 Å². The van der Waals surface area contributed by atoms with Gasteiger partial charge in [-0.3, -0.25) is 8.98 Å². The smallest absolute Gasteiger partial charge is 0.311 e. The van der Waals surface area contributed by atoms with E-state index in [1.165, 1.54) is 0 Å². The molecule has 6 heteroatoms. The topological polar surface area (TPSA) is 69.7 Å². The first-order valence-electron chi connectivity index (χ1n) is 7.65. The fourth-order valence-electron chi connectivity index (χ4n) is 4.27. The Hall–Kier alpha value is -0.620. The van der Waals surface area contributed by atoms with Crippen LogP contribution in [-0.4, -0.2) is 31.8 Å². The molecule has 0 aromatic rings. The number of hydrogen-bond donors (Lipinski definition) is 0. The normalized spacial score (nSPS) is 42.2. The third kappa shape index (κ3) is 1.91. The molecule has 0 aromatic heterocycles. The van der Waals surface area contributed by atoms with Crippen molar-refractivity contribution in [2.75, 3.05) is 0 Å². The van der Waals surface area contributed by atoms with Gasteiger partial charge in [-0.05, 0) is 32.1 Å². The van der Waals surface area contributed by atoms with Crippen molar-refractivity contribution in [2.24, 2.45) is 22.7 Å². The monoisotopic (exact) mass is 316 g/mol. The summed E-state index contributed by atoms with van der Waals surface area (Å²) in [4.78, 5) is 12.3. The van der Waals surface area contributed by atoms with Crippen LogP contribution in [0.1, 0.15) is 47.5 Å². The van der Waals surface area contributed by atoms with Crippen LogP contribution in [0.15, 0.2) is 0 Å². The average molecular weight is 316 g/mol. The summed E-state index contributed by atoms with van der Waals surface area (Å²) < 4.78 is 35.2. The molecule has 0 spiro atoms. The Morgan fingerprint density at radius 1 is 1.38 bits per heavy atom. The molecule has 2 bridgehead atoms. The molecule has 3 fully saturated rings. The second kappa shape index (κ2) is 4.22. The molecular formula is C15H24O5S. The maximum absolute atomic E-state index is 12.3. The van der Waals surface area contributed by atoms with E-state index in [1.54, 1.807) is 0 Å². The first-order valence-corrected chi connectivity index (χ1v) is 9.12. The van der Waals surface area contributed by atoms with Gasteiger partial charge in [-0.2, -0.15) is 8.42 Å². The van der Waals surface area contributed by atoms with E-state index in [-0.39, 0.29) is 23.2 Å². The highest BCUT2D eigenvalue weighted by Crippen LogP contribution is 2.64. The minimum atomic E-state index is -3.50. The van der Waals surface area contributed by atoms with Crippen molar-refractivity contribution < 1.29 is 22.1 Å². The number of rotatable bonds is 3. The van der Waals surface area contributed by atoms with Crippen LogP contribution in [0.25, 0.3) is 0 Å². The van der Waals surface area contributed by atoms with Crippen molar-refractivity contribution in [2.45, 2.75) is 64.9 Å². The van der Waals surface area contributed by atoms with E-state index in [0.29, 0.717) is 12.8 Å². The van der Waals surface area contributed by atoms with Crippen LogP contribution in [0.4, 0.5) is 0 Å². The molecule has 5 unspecified atom stereocenters. The Morgan fingerprint density at radius 2 is 2.00 bits per heavy atom. The summed E-state index contributed by atoms with van der Waals surface area (Å²) in [5.74, 6) is -0.260. The molecule has 0 radical (unpaired) electrons. The van der Waals surface area contributed by atoms with Gasteiger partial charge in [-0.25, -0.2) is 0 Å². The summed E-state index contributed by atoms with van der Waals surface area (Å²) in [6.07, 6.45) is 0.297. The molecule has 0 aromatic carbocycles. The molecule has 1 saturated heterocycles. The zero-order valence-electron chi connectivity index (χ0n) is 13.3. The number of esters is 1. The second-order valence-electron chi connectivity index (χ2n) is 7.89. The van der Waals surface area contributed by atoms with Crippen molar-refractivity contribution >= 4 is 16.1 Å². The highest BCUT2D eigenvalue weighted by molar-refractivity contribution is 7.87. The average Bonchev–Trinajstić information content (AvgIpc) is 2.83. The van der Waals surface area contributed by atoms with Gasteiger partial charge in [0.15, 0.2) is 0 Å². The number of carbonyl (C=O) groups is 1. The Labute approximate surface area is 126 Å². The van der Waals surface area contributed by atoms with Gasteiger partial charge < -0.3 is 4.74 Å². The molecule has 120 valence electrons. The summed E-state index contributed by atoms with van der Waals surface area (Å²) in [5, 5.41) is -0.420. The Bertz CT molecular complexity index is 577. The Morgan fingerprint density at radius 3 is 2.57 bits per heavy atom. The highest BCUT2D eigenvalue weighted by atomic mass is 32.2. The van der Waals surface area contributed by atoms with E-state index in [9.17, 15) is 13.2 Å². The van der Waals surface area contributed by atoms with Gasteiger partial charge in [-0.1, -0.05) is 20.8 Å². The zero-order valence-corrected chi connectivity index (χ0v) is 14.1. The van der Waals surface area contributed by atoms with Crippen LogP contribution in [-0.2, 0) is 23.8 Å². The maximum Gasteiger partial charge on any atom is 0.311 e. The van der Waals surface area contributed by atoms with Crippen LogP contribution in [0.5, 0.6) is 0 Å². The molecule has 0 N–H and O–H groups in total. The minimum Gasteiger partial charge on any atom is -0.459 e. The van der Waals surface area contributed by atoms with Crippen LogP contribution in [0.3, 0.4) is 0 Å². The largest absolute Gasteiger partial charge is 0.459 e. The molecular weight excluding hydrogens is 292 g/mol. The SMILES string of the molecule is CCC(C)(C)C(=O)OC1C2OS(=O)(=O)C3CC1C(C)(C)C23. The molecule has 5 atom stereocenters. The molecule has 0 amide bonds. The van der Waals surface area contributed by atoms with E-state index in [4.69, 9.17) is 8.92 Å². The molecule has 3 rings (SSSR count). The third-order valence-electron chi connectivity index (χ3n) is 6.07. The standard InChI is InChI=1S/C15H24O5S/c1-6-14(2,3)13(16)19-11-8-7-9-10(15(8,4)5)12(11)20-21(9,17)18/h8-12H,6-7H2,1-5H3. The lowest BCUT2D eigenvalue weighted by molar-refractivity contribution is -0.167. The molecule has 2 aliphatic carbocycles. The summed E-state index contributed by atoms with van der Waals surface area (Å²) in [7, 11) is -3.50. The van der Waals surface area contributed by atoms with E-state index >= 15 is 0 Å². The number of hydrogen-bond acceptors (Lipinski definition) is 5. The molecule has 5 nitrogen and oxygen atoms in total. The summed E-state index contributed by atoms with van der Waals surface area (Å²) >= 11 is 0. The molecule has 2 saturated carbocycles. The van der Waals surface area contributed by atoms with Gasteiger partial charge >= 0.3 is 5.97 Å². The maximum atomic E-state index is 12.3. The van der Waals surface area contributed by atoms with Crippen molar-refractivity contribution in [3.63, 3.8) is 0 Å². The van der Waals surface area contributed by atoms with Gasteiger partial charge in [0, 0.05) is 11.8 Å². The zero-order chi connectivity index (χ0) is 15.8. The molecule has 1 aliphatic heterocycles. The lowest BCUT2D eigenvalue weighted by Gasteiger charge is -2.30. The van der Waals surface area contributed by atoms with Crippen molar-refractivity contribution in [3.05, 3.63) is 0 Å². The number of ether oxygens (including phenoxy) is 1. The predicted octanol–water partition coefficient (Wildman–Crippen LogP) is 2.11. The summed E-state index contributed by atoms with van der Waals surface area (Å²) in [6.45, 7) is 9.78. The third-order valence-corrected chi connectivity index (χ3v) is 7.79. The highest BCUT2D eigenvalue weighted by Gasteiger charge is 2.73. The van der Waals surface area contributed by atoms with Gasteiger partial charge in [0.25, 0.3) is 10.1 Å². The number of fused-ring (bicyclic) bond motifs is 1. The van der Waals surface area contributed by atoms with Crippen molar-refractivity contribution in [1.29, 1.82) is 0 Å². The van der Waals surface area contributed by atoms with Gasteiger partial charge in [0.1, 0.15) is 12.2 Å². The lowest BCUT2D eigenvalue weighted by atomic mass is 9.81. The first kappa shape index (κ1) is 15.3. The fraction of sp³-hybridized carbons (Fsp3) is 0.933. The minimum absolute atomic E-state index is 0.0601. The Balaban J connectivity index is 1.89. The molecule has 3 aliphatic rings. The van der Waals surface area contributed by atoms with Crippen LogP contribution in [0, 0.1) is 22.7 Å². The van der Waals surface area contributed by atoms with E-state index < -0.39 is 33.0 Å². The Kier molecular flexibility index (Phi) is 3.07. The van der Waals surface area contributed by atoms with Crippen LogP contribution >= 0.6 is 0 Å². The van der Waals surface area contributed by atoms with Crippen molar-refractivity contribution in [1.82, 2.24) is 0 Å². The first-order chi connectivity index (χ1) is 9.52. The van der Waals surface area contributed by atoms with E-state index in [1.807, 2.05) is 20.8 Å². The van der Waals surface area contributed by atoms with Crippen LogP contribution in [0.2, 0.25) is 0 Å². The number of carbonyl (C=O) groups excluding carboxylic acids is 1. The molecule has 21 heavy (non-hydrogen) atoms. The van der Waals surface area contributed by atoms with Gasteiger partial charge in [-0.15, -0.1) is 0 Å². The lowest BCUT2D eigenvalue weighted by Crippen LogP contribution is -2.40. The fourth-order valence-corrected chi connectivity index (χ4v) is 6.26. The molecule has 1 heterocycles. The van der Waals surface area contributed by atoms with Gasteiger partial charge in [0.2, 0.25) is 0 Å². The van der Waals surface area contributed by atoms with E-state index in [0.717, 1.165) is 0 Å². The summed E-state index contributed by atoms with van der Waals surface area (Å²) in [6, 6.07) is 0. The van der Waals surface area contributed by atoms with Gasteiger partial charge in [0.05, 0.1) is 10.7 Å². The van der Waals surface area contributed by atoms with E-state index in [2.05, 4.69) is 13.8 Å². The predicted molar refractivity (Wildman–Crippen MR) is 76.9 cm³/mol.